The van der Waals surface area contributed by atoms with E-state index in [0.29, 0.717) is 12.0 Å². The lowest BCUT2D eigenvalue weighted by atomic mass is 10.1. The highest BCUT2D eigenvalue weighted by Crippen LogP contribution is 2.15. The van der Waals surface area contributed by atoms with Gasteiger partial charge in [0.1, 0.15) is 6.10 Å². The van der Waals surface area contributed by atoms with Crippen LogP contribution in [0.4, 0.5) is 8.78 Å². The minimum absolute atomic E-state index is 0.195. The Kier molecular flexibility index (Phi) is 3.66. The van der Waals surface area contributed by atoms with E-state index in [0.717, 1.165) is 12.1 Å². The van der Waals surface area contributed by atoms with Gasteiger partial charge in [0.15, 0.2) is 17.5 Å². The van der Waals surface area contributed by atoms with Gasteiger partial charge < -0.3 is 9.63 Å². The molecular formula is C12H12F2N2O2. The zero-order valence-corrected chi connectivity index (χ0v) is 9.73. The molecule has 0 spiro atoms. The molecule has 4 nitrogen and oxygen atoms in total. The second kappa shape index (κ2) is 5.22. The minimum atomic E-state index is -0.916. The predicted octanol–water partition coefficient (Wildman–Crippen LogP) is 2.38. The largest absolute Gasteiger partial charge is 0.385 e. The molecule has 0 bridgehead atoms. The number of halogens is 2. The zero-order chi connectivity index (χ0) is 13.1. The second-order valence-corrected chi connectivity index (χ2v) is 3.90. The quantitative estimate of drug-likeness (QED) is 0.910. The number of hydrogen-bond donors (Lipinski definition) is 1. The number of aromatic nitrogens is 2. The first-order valence-corrected chi connectivity index (χ1v) is 5.54. The van der Waals surface area contributed by atoms with Crippen molar-refractivity contribution < 1.29 is 18.4 Å². The fraction of sp³-hybridized carbons (Fsp3) is 0.333. The summed E-state index contributed by atoms with van der Waals surface area (Å²) in [4.78, 5) is 3.98. The summed E-state index contributed by atoms with van der Waals surface area (Å²) in [5, 5.41) is 13.1. The molecule has 1 unspecified atom stereocenters. The summed E-state index contributed by atoms with van der Waals surface area (Å²) in [5.74, 6) is -1.36. The number of nitrogens with zero attached hydrogens (tertiary/aromatic N) is 2. The van der Waals surface area contributed by atoms with Crippen LogP contribution in [-0.4, -0.2) is 15.2 Å². The molecule has 0 saturated heterocycles. The highest BCUT2D eigenvalue weighted by atomic mass is 19.2. The molecule has 0 fully saturated rings. The predicted molar refractivity (Wildman–Crippen MR) is 58.7 cm³/mol. The van der Waals surface area contributed by atoms with Crippen molar-refractivity contribution in [3.63, 3.8) is 0 Å². The molecule has 2 aromatic rings. The Morgan fingerprint density at radius 3 is 2.78 bits per heavy atom. The zero-order valence-electron chi connectivity index (χ0n) is 9.73. The van der Waals surface area contributed by atoms with E-state index in [1.807, 2.05) is 0 Å². The van der Waals surface area contributed by atoms with E-state index < -0.39 is 17.7 Å². The summed E-state index contributed by atoms with van der Waals surface area (Å²) in [6, 6.07) is 3.57. The van der Waals surface area contributed by atoms with Crippen molar-refractivity contribution in [3.8, 4) is 0 Å². The van der Waals surface area contributed by atoms with Crippen LogP contribution in [0.3, 0.4) is 0 Å². The fourth-order valence-electron chi connectivity index (χ4n) is 1.48. The fourth-order valence-corrected chi connectivity index (χ4v) is 1.48. The van der Waals surface area contributed by atoms with Gasteiger partial charge in [0.2, 0.25) is 5.89 Å². The topological polar surface area (TPSA) is 59.2 Å². The van der Waals surface area contributed by atoms with Crippen molar-refractivity contribution in [1.29, 1.82) is 0 Å². The van der Waals surface area contributed by atoms with Gasteiger partial charge in [-0.15, -0.1) is 0 Å². The van der Waals surface area contributed by atoms with Crippen LogP contribution < -0.4 is 0 Å². The molecule has 1 aromatic carbocycles. The van der Waals surface area contributed by atoms with E-state index in [2.05, 4.69) is 10.1 Å². The first-order chi connectivity index (χ1) is 8.60. The van der Waals surface area contributed by atoms with Crippen molar-refractivity contribution in [2.45, 2.75) is 25.9 Å². The average Bonchev–Trinajstić information content (AvgIpc) is 2.81. The van der Waals surface area contributed by atoms with E-state index in [1.165, 1.54) is 6.07 Å². The van der Waals surface area contributed by atoms with Crippen molar-refractivity contribution in [2.75, 3.05) is 0 Å². The minimum Gasteiger partial charge on any atom is -0.385 e. The van der Waals surface area contributed by atoms with Crippen molar-refractivity contribution >= 4 is 0 Å². The van der Waals surface area contributed by atoms with E-state index >= 15 is 0 Å². The maximum Gasteiger partial charge on any atom is 0.231 e. The maximum absolute atomic E-state index is 13.0. The molecule has 0 radical (unpaired) electrons. The molecule has 1 N–H and O–H groups in total. The van der Waals surface area contributed by atoms with Crippen LogP contribution in [0.5, 0.6) is 0 Å². The molecule has 1 aromatic heterocycles. The highest BCUT2D eigenvalue weighted by Gasteiger charge is 2.14. The third-order valence-electron chi connectivity index (χ3n) is 2.51. The third kappa shape index (κ3) is 2.70. The van der Waals surface area contributed by atoms with Gasteiger partial charge in [-0.2, -0.15) is 4.98 Å². The lowest BCUT2D eigenvalue weighted by Crippen LogP contribution is -1.98. The first-order valence-electron chi connectivity index (χ1n) is 5.54. The molecule has 0 aliphatic heterocycles. The van der Waals surface area contributed by atoms with Crippen LogP contribution in [0.25, 0.3) is 0 Å². The van der Waals surface area contributed by atoms with Crippen molar-refractivity contribution in [3.05, 3.63) is 47.1 Å². The van der Waals surface area contributed by atoms with Crippen molar-refractivity contribution in [2.24, 2.45) is 0 Å². The number of aliphatic hydroxyl groups excluding tert-OH is 1. The Labute approximate surface area is 102 Å². The Morgan fingerprint density at radius 1 is 1.33 bits per heavy atom. The Hall–Kier alpha value is -1.82. The molecule has 1 atom stereocenters. The van der Waals surface area contributed by atoms with E-state index in [1.54, 1.807) is 6.92 Å². The summed E-state index contributed by atoms with van der Waals surface area (Å²) in [5.41, 5.74) is 0.523. The molecule has 1 heterocycles. The van der Waals surface area contributed by atoms with Crippen LogP contribution in [0.15, 0.2) is 22.7 Å². The SMILES string of the molecule is CCC(O)c1noc(Cc2ccc(F)c(F)c2)n1. The molecule has 0 aliphatic carbocycles. The number of rotatable bonds is 4. The van der Waals surface area contributed by atoms with E-state index in [4.69, 9.17) is 4.52 Å². The van der Waals surface area contributed by atoms with Crippen LogP contribution >= 0.6 is 0 Å². The monoisotopic (exact) mass is 254 g/mol. The van der Waals surface area contributed by atoms with Gasteiger partial charge in [0.25, 0.3) is 0 Å². The van der Waals surface area contributed by atoms with Crippen molar-refractivity contribution in [1.82, 2.24) is 10.1 Å². The standard InChI is InChI=1S/C12H12F2N2O2/c1-2-10(17)12-15-11(18-16-12)6-7-3-4-8(13)9(14)5-7/h3-5,10,17H,2,6H2,1H3. The van der Waals surface area contributed by atoms with Crippen LogP contribution in [-0.2, 0) is 6.42 Å². The highest BCUT2D eigenvalue weighted by molar-refractivity contribution is 5.20. The van der Waals surface area contributed by atoms with E-state index in [9.17, 15) is 13.9 Å². The van der Waals surface area contributed by atoms with Gasteiger partial charge in [0, 0.05) is 0 Å². The molecule has 96 valence electrons. The summed E-state index contributed by atoms with van der Waals surface area (Å²) in [6.07, 6.45) is -0.0995. The summed E-state index contributed by atoms with van der Waals surface area (Å²) in [6.45, 7) is 1.79. The molecular weight excluding hydrogens is 242 g/mol. The Bertz CT molecular complexity index is 543. The first kappa shape index (κ1) is 12.6. The van der Waals surface area contributed by atoms with Gasteiger partial charge in [-0.3, -0.25) is 0 Å². The maximum atomic E-state index is 13.0. The molecule has 0 amide bonds. The number of benzene rings is 1. The van der Waals surface area contributed by atoms with Gasteiger partial charge in [-0.1, -0.05) is 18.1 Å². The van der Waals surface area contributed by atoms with Gasteiger partial charge in [-0.25, -0.2) is 8.78 Å². The summed E-state index contributed by atoms with van der Waals surface area (Å²) < 4.78 is 30.6. The number of aliphatic hydroxyl groups is 1. The Balaban J connectivity index is 2.13. The third-order valence-corrected chi connectivity index (χ3v) is 2.51. The summed E-state index contributed by atoms with van der Waals surface area (Å²) >= 11 is 0. The molecule has 18 heavy (non-hydrogen) atoms. The molecule has 0 saturated carbocycles. The van der Waals surface area contributed by atoms with Gasteiger partial charge in [0.05, 0.1) is 6.42 Å². The number of hydrogen-bond acceptors (Lipinski definition) is 4. The van der Waals surface area contributed by atoms with Gasteiger partial charge >= 0.3 is 0 Å². The van der Waals surface area contributed by atoms with Crippen LogP contribution in [0, 0.1) is 11.6 Å². The normalized spacial score (nSPS) is 12.7. The lowest BCUT2D eigenvalue weighted by molar-refractivity contribution is 0.159. The van der Waals surface area contributed by atoms with Gasteiger partial charge in [-0.05, 0) is 24.1 Å². The molecule has 2 rings (SSSR count). The molecule has 6 heteroatoms. The average molecular weight is 254 g/mol. The second-order valence-electron chi connectivity index (χ2n) is 3.90. The lowest BCUT2D eigenvalue weighted by Gasteiger charge is -1.99. The summed E-state index contributed by atoms with van der Waals surface area (Å²) in [7, 11) is 0. The van der Waals surface area contributed by atoms with Crippen LogP contribution in [0.2, 0.25) is 0 Å². The van der Waals surface area contributed by atoms with E-state index in [-0.39, 0.29) is 18.1 Å². The van der Waals surface area contributed by atoms with Crippen LogP contribution in [0.1, 0.15) is 36.7 Å². The smallest absolute Gasteiger partial charge is 0.231 e. The Morgan fingerprint density at radius 2 is 2.11 bits per heavy atom. The molecule has 0 aliphatic rings.